The average molecular weight is 478 g/mol. The quantitative estimate of drug-likeness (QED) is 0.226. The molecule has 35 heavy (non-hydrogen) atoms. The van der Waals surface area contributed by atoms with Crippen molar-refractivity contribution >= 4 is 11.7 Å². The molecule has 1 heterocycles. The molecule has 5 rings (SSSR count). The van der Waals surface area contributed by atoms with Crippen molar-refractivity contribution in [2.24, 2.45) is 28.6 Å². The van der Waals surface area contributed by atoms with Crippen LogP contribution in [0.15, 0.2) is 42.3 Å². The van der Waals surface area contributed by atoms with Gasteiger partial charge in [-0.05, 0) is 90.7 Å². The number of nitrogens with zero attached hydrogens (tertiary/aromatic N) is 1. The Morgan fingerprint density at radius 2 is 1.91 bits per heavy atom. The monoisotopic (exact) mass is 477 g/mol. The van der Waals surface area contributed by atoms with Gasteiger partial charge in [0.1, 0.15) is 6.10 Å². The molecule has 4 aliphatic carbocycles. The highest BCUT2D eigenvalue weighted by Crippen LogP contribution is 2.66. The minimum Gasteiger partial charge on any atom is -0.434 e. The molecule has 0 amide bonds. The van der Waals surface area contributed by atoms with Gasteiger partial charge in [-0.25, -0.2) is 4.79 Å². The third-order valence-electron chi connectivity index (χ3n) is 10.1. The maximum absolute atomic E-state index is 12.2. The summed E-state index contributed by atoms with van der Waals surface area (Å²) in [6.07, 6.45) is 20.7. The van der Waals surface area contributed by atoms with Crippen LogP contribution in [0.3, 0.4) is 0 Å². The zero-order valence-electron chi connectivity index (χ0n) is 21.9. The molecule has 0 spiro atoms. The third kappa shape index (κ3) is 4.58. The highest BCUT2D eigenvalue weighted by atomic mass is 16.7. The normalized spacial score (nSPS) is 35.7. The molecule has 4 heteroatoms. The number of hydrogen-bond acceptors (Lipinski definition) is 4. The van der Waals surface area contributed by atoms with Gasteiger partial charge in [-0.2, -0.15) is 0 Å². The van der Waals surface area contributed by atoms with Crippen LogP contribution in [0.4, 0.5) is 4.79 Å². The summed E-state index contributed by atoms with van der Waals surface area (Å²) in [6.45, 7) is 7.68. The van der Waals surface area contributed by atoms with Crippen molar-refractivity contribution in [3.8, 4) is 0 Å². The molecule has 0 bridgehead atoms. The number of fused-ring (bicyclic) bond motifs is 5. The molecule has 0 N–H and O–H groups in total. The molecule has 0 aromatic carbocycles. The van der Waals surface area contributed by atoms with Crippen molar-refractivity contribution in [3.63, 3.8) is 0 Å². The van der Waals surface area contributed by atoms with Gasteiger partial charge in [-0.1, -0.05) is 63.8 Å². The molecule has 0 aliphatic heterocycles. The minimum absolute atomic E-state index is 0.0341. The van der Waals surface area contributed by atoms with Crippen LogP contribution in [0, 0.1) is 28.6 Å². The fourth-order valence-electron chi connectivity index (χ4n) is 8.12. The van der Waals surface area contributed by atoms with Gasteiger partial charge in [-0.3, -0.25) is 4.98 Å². The van der Waals surface area contributed by atoms with Gasteiger partial charge in [0, 0.05) is 18.8 Å². The lowest BCUT2D eigenvalue weighted by molar-refractivity contribution is -0.0360. The van der Waals surface area contributed by atoms with E-state index >= 15 is 0 Å². The maximum atomic E-state index is 12.2. The summed E-state index contributed by atoms with van der Waals surface area (Å²) in [5.74, 6) is 2.18. The second-order valence-corrected chi connectivity index (χ2v) is 12.0. The van der Waals surface area contributed by atoms with E-state index in [4.69, 9.17) is 9.47 Å². The fourth-order valence-corrected chi connectivity index (χ4v) is 8.12. The van der Waals surface area contributed by atoms with Gasteiger partial charge in [0.25, 0.3) is 0 Å². The summed E-state index contributed by atoms with van der Waals surface area (Å²) in [4.78, 5) is 16.7. The number of rotatable bonds is 7. The maximum Gasteiger partial charge on any atom is 0.508 e. The zero-order chi connectivity index (χ0) is 24.5. The number of hydrogen-bond donors (Lipinski definition) is 0. The van der Waals surface area contributed by atoms with Crippen molar-refractivity contribution < 1.29 is 14.3 Å². The first-order valence-electron chi connectivity index (χ1n) is 14.1. The highest BCUT2D eigenvalue weighted by Gasteiger charge is 2.57. The van der Waals surface area contributed by atoms with Crippen LogP contribution in [0.5, 0.6) is 0 Å². The summed E-state index contributed by atoms with van der Waals surface area (Å²) in [5, 5.41) is 0. The van der Waals surface area contributed by atoms with E-state index in [1.807, 2.05) is 12.4 Å². The topological polar surface area (TPSA) is 48.4 Å². The Morgan fingerprint density at radius 3 is 2.71 bits per heavy atom. The number of pyridine rings is 1. The molecule has 1 aromatic rings. The predicted octanol–water partition coefficient (Wildman–Crippen LogP) is 8.14. The molecule has 4 nitrogen and oxygen atoms in total. The van der Waals surface area contributed by atoms with Crippen molar-refractivity contribution in [1.29, 1.82) is 0 Å². The van der Waals surface area contributed by atoms with E-state index in [1.165, 1.54) is 55.2 Å². The fraction of sp³-hybridized carbons (Fsp3) is 0.677. The third-order valence-corrected chi connectivity index (χ3v) is 10.1. The first-order chi connectivity index (χ1) is 17.0. The van der Waals surface area contributed by atoms with Gasteiger partial charge in [0.05, 0.1) is 6.61 Å². The molecule has 1 aromatic heterocycles. The molecular weight excluding hydrogens is 434 g/mol. The molecule has 4 aliphatic rings. The first kappa shape index (κ1) is 24.6. The van der Waals surface area contributed by atoms with E-state index in [-0.39, 0.29) is 16.9 Å². The molecule has 6 atom stereocenters. The standard InChI is InChI=1S/C31H43NO3/c1-4-5-6-7-19-34-29(33)35-24-14-16-30(2)23(20-24)10-11-25-27-13-12-26(22-9-8-18-32-21-22)31(27,3)17-15-28(25)30/h8-10,12,18,21,24-25,27-28H,4-7,11,13-17,19-20H2,1-3H3/t24-,25-,27-,28-,30-,31+/m0/s1. The number of allylic oxidation sites excluding steroid dienone is 3. The average Bonchev–Trinajstić information content (AvgIpc) is 3.22. The van der Waals surface area contributed by atoms with Gasteiger partial charge in [0.15, 0.2) is 0 Å². The Kier molecular flexibility index (Phi) is 7.10. The van der Waals surface area contributed by atoms with Crippen LogP contribution in [-0.4, -0.2) is 23.9 Å². The Balaban J connectivity index is 1.22. The number of aromatic nitrogens is 1. The van der Waals surface area contributed by atoms with Crippen molar-refractivity contribution in [2.75, 3.05) is 6.61 Å². The van der Waals surface area contributed by atoms with Crippen molar-refractivity contribution in [1.82, 2.24) is 4.98 Å². The molecule has 2 fully saturated rings. The molecule has 2 saturated carbocycles. The van der Waals surface area contributed by atoms with E-state index in [9.17, 15) is 4.79 Å². The summed E-state index contributed by atoms with van der Waals surface area (Å²) >= 11 is 0. The minimum atomic E-state index is -0.474. The van der Waals surface area contributed by atoms with Crippen LogP contribution in [0.1, 0.15) is 97.0 Å². The first-order valence-corrected chi connectivity index (χ1v) is 14.1. The van der Waals surface area contributed by atoms with E-state index in [0.29, 0.717) is 12.5 Å². The van der Waals surface area contributed by atoms with Gasteiger partial charge in [-0.15, -0.1) is 0 Å². The van der Waals surface area contributed by atoms with E-state index in [0.717, 1.165) is 43.9 Å². The largest absolute Gasteiger partial charge is 0.508 e. The Morgan fingerprint density at radius 1 is 1.06 bits per heavy atom. The molecule has 190 valence electrons. The predicted molar refractivity (Wildman–Crippen MR) is 140 cm³/mol. The Hall–Kier alpha value is -2.10. The van der Waals surface area contributed by atoms with E-state index in [1.54, 1.807) is 0 Å². The number of carbonyl (C=O) groups excluding carboxylic acids is 1. The molecule has 0 radical (unpaired) electrons. The molecule has 0 saturated heterocycles. The smallest absolute Gasteiger partial charge is 0.434 e. The lowest BCUT2D eigenvalue weighted by atomic mass is 9.47. The molecule has 0 unspecified atom stereocenters. The van der Waals surface area contributed by atoms with Crippen LogP contribution >= 0.6 is 0 Å². The molecular formula is C31H43NO3. The summed E-state index contributed by atoms with van der Waals surface area (Å²) in [6, 6.07) is 4.30. The SMILES string of the molecule is CCCCCCOC(=O)O[C@H]1CC[C@@]2(C)C(=CC[C@@H]3[C@@H]2CC[C@]2(C)C(c4cccnc4)=CC[C@@H]32)C1. The van der Waals surface area contributed by atoms with Gasteiger partial charge < -0.3 is 9.47 Å². The van der Waals surface area contributed by atoms with E-state index < -0.39 is 6.16 Å². The summed E-state index contributed by atoms with van der Waals surface area (Å²) in [5.41, 5.74) is 4.87. The van der Waals surface area contributed by atoms with Gasteiger partial charge >= 0.3 is 6.16 Å². The van der Waals surface area contributed by atoms with Crippen LogP contribution in [-0.2, 0) is 9.47 Å². The number of carbonyl (C=O) groups is 1. The Bertz CT molecular complexity index is 969. The second kappa shape index (κ2) is 10.1. The van der Waals surface area contributed by atoms with Crippen molar-refractivity contribution in [3.05, 3.63) is 47.8 Å². The number of unbranched alkanes of at least 4 members (excludes halogenated alkanes) is 3. The zero-order valence-corrected chi connectivity index (χ0v) is 21.9. The summed E-state index contributed by atoms with van der Waals surface area (Å²) < 4.78 is 11.1. The number of ether oxygens (including phenoxy) is 2. The summed E-state index contributed by atoms with van der Waals surface area (Å²) in [7, 11) is 0. The van der Waals surface area contributed by atoms with Crippen LogP contribution < -0.4 is 0 Å². The lowest BCUT2D eigenvalue weighted by Crippen LogP contribution is -2.50. The lowest BCUT2D eigenvalue weighted by Gasteiger charge is -2.57. The van der Waals surface area contributed by atoms with E-state index in [2.05, 4.69) is 50.0 Å². The van der Waals surface area contributed by atoms with Crippen LogP contribution in [0.25, 0.3) is 5.57 Å². The van der Waals surface area contributed by atoms with Crippen molar-refractivity contribution in [2.45, 2.75) is 97.5 Å². The second-order valence-electron chi connectivity index (χ2n) is 12.0. The Labute approximate surface area is 211 Å². The van der Waals surface area contributed by atoms with Gasteiger partial charge in [0.2, 0.25) is 0 Å². The highest BCUT2D eigenvalue weighted by molar-refractivity contribution is 5.72. The van der Waals surface area contributed by atoms with Crippen LogP contribution in [0.2, 0.25) is 0 Å².